The Labute approximate surface area is 147 Å². The van der Waals surface area contributed by atoms with Crippen molar-refractivity contribution < 1.29 is 0 Å². The van der Waals surface area contributed by atoms with Crippen LogP contribution >= 0.6 is 11.8 Å². The van der Waals surface area contributed by atoms with Gasteiger partial charge in [-0.2, -0.15) is 0 Å². The topological polar surface area (TPSA) is 24.3 Å². The molecule has 3 heterocycles. The number of likely N-dealkylation sites (N-methyl/N-ethyl adjacent to an activating group) is 1. The highest BCUT2D eigenvalue weighted by molar-refractivity contribution is 6.21. The molecule has 0 N–H and O–H groups in total. The number of fused-ring (bicyclic) bond motifs is 1. The van der Waals surface area contributed by atoms with Gasteiger partial charge in [-0.25, -0.2) is 0 Å². The fraction of sp³-hybridized carbons (Fsp3) is 0.316. The molecule has 1 aliphatic heterocycles. The molecule has 124 valence electrons. The number of pyridine rings is 1. The molecule has 5 heteroatoms. The Morgan fingerprint density at radius 1 is 1.04 bits per heavy atom. The Kier molecular flexibility index (Phi) is 4.27. The van der Waals surface area contributed by atoms with Gasteiger partial charge in [-0.3, -0.25) is 14.0 Å². The van der Waals surface area contributed by atoms with E-state index in [9.17, 15) is 0 Å². The van der Waals surface area contributed by atoms with Crippen molar-refractivity contribution in [3.05, 3.63) is 54.4 Å². The van der Waals surface area contributed by atoms with Gasteiger partial charge < -0.3 is 4.90 Å². The first-order chi connectivity index (χ1) is 11.7. The van der Waals surface area contributed by atoms with E-state index in [1.165, 1.54) is 5.56 Å². The Bertz CT molecular complexity index is 849. The molecule has 1 aromatic carbocycles. The minimum atomic E-state index is 0.942. The summed E-state index contributed by atoms with van der Waals surface area (Å²) in [5.41, 5.74) is 4.32. The van der Waals surface area contributed by atoms with E-state index >= 15 is 0 Å². The number of rotatable bonds is 3. The van der Waals surface area contributed by atoms with E-state index in [1.807, 2.05) is 30.6 Å². The van der Waals surface area contributed by atoms with Crippen molar-refractivity contribution in [3.63, 3.8) is 0 Å². The zero-order valence-corrected chi connectivity index (χ0v) is 14.6. The summed E-state index contributed by atoms with van der Waals surface area (Å²) in [5.74, 6) is 0. The van der Waals surface area contributed by atoms with Gasteiger partial charge in [0.2, 0.25) is 0 Å². The van der Waals surface area contributed by atoms with Gasteiger partial charge >= 0.3 is 0 Å². The molecule has 0 bridgehead atoms. The van der Waals surface area contributed by atoms with Crippen molar-refractivity contribution in [3.8, 4) is 11.3 Å². The van der Waals surface area contributed by atoms with Crippen molar-refractivity contribution in [2.24, 2.45) is 0 Å². The van der Waals surface area contributed by atoms with Gasteiger partial charge in [0.25, 0.3) is 0 Å². The number of para-hydroxylation sites is 1. The van der Waals surface area contributed by atoms with E-state index in [0.717, 1.165) is 54.9 Å². The molecule has 0 radical (unpaired) electrons. The zero-order valence-electron chi connectivity index (χ0n) is 13.8. The Morgan fingerprint density at radius 2 is 1.83 bits per heavy atom. The second-order valence-corrected chi connectivity index (χ2v) is 6.87. The highest BCUT2D eigenvalue weighted by Crippen LogP contribution is 2.29. The van der Waals surface area contributed by atoms with Gasteiger partial charge in [-0.1, -0.05) is 18.2 Å². The molecule has 0 spiro atoms. The average molecular weight is 341 g/mol. The summed E-state index contributed by atoms with van der Waals surface area (Å²) in [6, 6.07) is 12.5. The van der Waals surface area contributed by atoms with E-state index < -0.39 is 0 Å². The highest BCUT2D eigenvalue weighted by atomic mass is 35.5. The number of piperazine rings is 1. The second-order valence-electron chi connectivity index (χ2n) is 6.53. The molecule has 0 aliphatic carbocycles. The molecule has 24 heavy (non-hydrogen) atoms. The molecular formula is C19H21ClN4. The largest absolute Gasteiger partial charge is 0.304 e. The van der Waals surface area contributed by atoms with Gasteiger partial charge in [0, 0.05) is 67.8 Å². The maximum absolute atomic E-state index is 6.52. The Balaban J connectivity index is 1.61. The van der Waals surface area contributed by atoms with Crippen molar-refractivity contribution in [1.29, 1.82) is 0 Å². The average Bonchev–Trinajstić information content (AvgIpc) is 2.95. The lowest BCUT2D eigenvalue weighted by Gasteiger charge is -2.32. The van der Waals surface area contributed by atoms with Crippen LogP contribution in [0.25, 0.3) is 22.2 Å². The highest BCUT2D eigenvalue weighted by Gasteiger charge is 2.15. The zero-order chi connectivity index (χ0) is 16.5. The molecular weight excluding hydrogens is 320 g/mol. The van der Waals surface area contributed by atoms with Gasteiger partial charge in [0.05, 0.1) is 11.2 Å². The minimum Gasteiger partial charge on any atom is -0.304 e. The van der Waals surface area contributed by atoms with Crippen LogP contribution in [0, 0.1) is 0 Å². The van der Waals surface area contributed by atoms with Crippen LogP contribution in [0.2, 0.25) is 0 Å². The fourth-order valence-electron chi connectivity index (χ4n) is 3.30. The fourth-order valence-corrected chi connectivity index (χ4v) is 3.60. The van der Waals surface area contributed by atoms with E-state index in [0.29, 0.717) is 0 Å². The molecule has 4 nitrogen and oxygen atoms in total. The quantitative estimate of drug-likeness (QED) is 0.730. The third kappa shape index (κ3) is 3.05. The smallest absolute Gasteiger partial charge is 0.0676 e. The molecule has 3 aromatic rings. The number of hydrogen-bond donors (Lipinski definition) is 0. The molecule has 0 saturated carbocycles. The number of benzene rings is 1. The van der Waals surface area contributed by atoms with Crippen molar-refractivity contribution in [2.45, 2.75) is 6.54 Å². The first-order valence-corrected chi connectivity index (χ1v) is 8.66. The molecule has 0 atom stereocenters. The summed E-state index contributed by atoms with van der Waals surface area (Å²) in [6.07, 6.45) is 3.85. The van der Waals surface area contributed by atoms with Crippen LogP contribution in [0.1, 0.15) is 5.56 Å². The summed E-state index contributed by atoms with van der Waals surface area (Å²) >= 11 is 6.52. The summed E-state index contributed by atoms with van der Waals surface area (Å²) in [6.45, 7) is 5.41. The summed E-state index contributed by atoms with van der Waals surface area (Å²) in [7, 11) is 2.18. The summed E-state index contributed by atoms with van der Waals surface area (Å²) in [5, 5.41) is 1.15. The molecule has 4 rings (SSSR count). The lowest BCUT2D eigenvalue weighted by Crippen LogP contribution is -2.43. The van der Waals surface area contributed by atoms with Crippen molar-refractivity contribution in [2.75, 3.05) is 33.2 Å². The van der Waals surface area contributed by atoms with Crippen LogP contribution in [-0.2, 0) is 6.54 Å². The maximum atomic E-state index is 6.52. The van der Waals surface area contributed by atoms with Crippen molar-refractivity contribution in [1.82, 2.24) is 18.9 Å². The van der Waals surface area contributed by atoms with Crippen LogP contribution in [0.4, 0.5) is 0 Å². The van der Waals surface area contributed by atoms with Gasteiger partial charge in [-0.05, 0) is 30.8 Å². The summed E-state index contributed by atoms with van der Waals surface area (Å²) < 4.78 is 1.73. The lowest BCUT2D eigenvalue weighted by molar-refractivity contribution is 0.148. The second kappa shape index (κ2) is 6.55. The van der Waals surface area contributed by atoms with Crippen LogP contribution in [0.5, 0.6) is 0 Å². The summed E-state index contributed by atoms with van der Waals surface area (Å²) in [4.78, 5) is 9.30. The molecule has 0 unspecified atom stereocenters. The predicted molar refractivity (Wildman–Crippen MR) is 99.2 cm³/mol. The monoisotopic (exact) mass is 340 g/mol. The third-order valence-corrected chi connectivity index (χ3v) is 5.11. The van der Waals surface area contributed by atoms with Gasteiger partial charge in [0.1, 0.15) is 0 Å². The first-order valence-electron chi connectivity index (χ1n) is 8.32. The molecule has 1 saturated heterocycles. The number of aromatic nitrogens is 2. The maximum Gasteiger partial charge on any atom is 0.0676 e. The number of hydrogen-bond acceptors (Lipinski definition) is 3. The normalized spacial score (nSPS) is 16.8. The van der Waals surface area contributed by atoms with Crippen LogP contribution < -0.4 is 0 Å². The molecule has 0 amide bonds. The van der Waals surface area contributed by atoms with E-state index in [4.69, 9.17) is 11.8 Å². The molecule has 1 fully saturated rings. The Morgan fingerprint density at radius 3 is 2.62 bits per heavy atom. The Hall–Kier alpha value is -1.88. The van der Waals surface area contributed by atoms with Crippen LogP contribution in [0.15, 0.2) is 48.8 Å². The molecule has 2 aromatic heterocycles. The SMILES string of the molecule is CN1CCN(Cc2cncc(-c3cc4ccccc4n3Cl)c2)CC1. The third-order valence-electron chi connectivity index (χ3n) is 4.74. The number of halogens is 1. The van der Waals surface area contributed by atoms with Gasteiger partial charge in [-0.15, -0.1) is 0 Å². The minimum absolute atomic E-state index is 0.942. The van der Waals surface area contributed by atoms with Crippen LogP contribution in [-0.4, -0.2) is 52.1 Å². The first kappa shape index (κ1) is 15.6. The molecule has 1 aliphatic rings. The van der Waals surface area contributed by atoms with Crippen LogP contribution in [0.3, 0.4) is 0 Å². The van der Waals surface area contributed by atoms with Crippen molar-refractivity contribution >= 4 is 22.7 Å². The lowest BCUT2D eigenvalue weighted by atomic mass is 10.1. The van der Waals surface area contributed by atoms with E-state index in [1.54, 1.807) is 4.09 Å². The predicted octanol–water partition coefficient (Wildman–Crippen LogP) is 3.45. The van der Waals surface area contributed by atoms with E-state index in [2.05, 4.69) is 40.0 Å². The van der Waals surface area contributed by atoms with E-state index in [-0.39, 0.29) is 0 Å². The number of nitrogens with zero attached hydrogens (tertiary/aromatic N) is 4. The van der Waals surface area contributed by atoms with Gasteiger partial charge in [0.15, 0.2) is 0 Å². The standard InChI is InChI=1S/C19H21ClN4/c1-22-6-8-23(9-7-22)14-15-10-17(13-21-12-15)19-11-16-4-2-3-5-18(16)24(19)20/h2-5,10-13H,6-9,14H2,1H3.